The molecule has 0 aliphatic carbocycles. The van der Waals surface area contributed by atoms with Crippen molar-refractivity contribution in [2.24, 2.45) is 0 Å². The van der Waals surface area contributed by atoms with E-state index in [-0.39, 0.29) is 11.1 Å². The van der Waals surface area contributed by atoms with E-state index in [9.17, 15) is 19.3 Å². The second-order valence-corrected chi connectivity index (χ2v) is 7.60. The summed E-state index contributed by atoms with van der Waals surface area (Å²) in [6, 6.07) is 7.36. The van der Waals surface area contributed by atoms with Gasteiger partial charge in [-0.1, -0.05) is 11.3 Å². The largest absolute Gasteiger partial charge is 0.378 e. The summed E-state index contributed by atoms with van der Waals surface area (Å²) < 4.78 is 20.2. The van der Waals surface area contributed by atoms with Gasteiger partial charge < -0.3 is 15.0 Å². The molecular weight excluding hydrogens is 399 g/mol. The average Bonchev–Trinajstić information content (AvgIpc) is 3.13. The first-order chi connectivity index (χ1) is 13.9. The van der Waals surface area contributed by atoms with E-state index < -0.39 is 22.3 Å². The van der Waals surface area contributed by atoms with Crippen molar-refractivity contribution in [3.05, 3.63) is 57.4 Å². The Hall–Kier alpha value is -3.11. The molecule has 4 rings (SSSR count). The molecule has 29 heavy (non-hydrogen) atoms. The Morgan fingerprint density at radius 3 is 2.79 bits per heavy atom. The summed E-state index contributed by atoms with van der Waals surface area (Å²) in [6.45, 7) is 4.19. The van der Waals surface area contributed by atoms with Gasteiger partial charge in [0.1, 0.15) is 5.82 Å². The fourth-order valence-corrected chi connectivity index (χ4v) is 4.12. The molecule has 0 unspecified atom stereocenters. The lowest BCUT2D eigenvalue weighted by Gasteiger charge is -2.25. The molecule has 1 aliphatic rings. The van der Waals surface area contributed by atoms with Crippen LogP contribution in [0.4, 0.5) is 20.9 Å². The minimum atomic E-state index is -0.794. The van der Waals surface area contributed by atoms with Gasteiger partial charge in [0.15, 0.2) is 5.13 Å². The normalized spacial score (nSPS) is 14.2. The van der Waals surface area contributed by atoms with E-state index in [1.165, 1.54) is 18.3 Å². The van der Waals surface area contributed by atoms with Gasteiger partial charge in [0.2, 0.25) is 0 Å². The molecule has 10 heteroatoms. The van der Waals surface area contributed by atoms with Crippen LogP contribution in [-0.4, -0.2) is 42.1 Å². The number of carbonyl (C=O) groups excluding carboxylic acids is 1. The molecule has 0 radical (unpaired) electrons. The number of nitrogens with zero attached hydrogens (tertiary/aromatic N) is 3. The maximum Gasteiger partial charge on any atom is 0.276 e. The van der Waals surface area contributed by atoms with Gasteiger partial charge >= 0.3 is 0 Å². The minimum Gasteiger partial charge on any atom is -0.378 e. The summed E-state index contributed by atoms with van der Waals surface area (Å²) >= 11 is 1.51. The number of nitrogens with one attached hydrogen (secondary N) is 1. The molecule has 1 aromatic heterocycles. The van der Waals surface area contributed by atoms with Crippen LogP contribution in [0.5, 0.6) is 0 Å². The highest BCUT2D eigenvalue weighted by Gasteiger charge is 2.20. The van der Waals surface area contributed by atoms with Crippen molar-refractivity contribution in [1.82, 2.24) is 4.98 Å². The number of thiazole rings is 1. The molecule has 0 spiro atoms. The highest BCUT2D eigenvalue weighted by Crippen LogP contribution is 2.31. The van der Waals surface area contributed by atoms with Gasteiger partial charge in [0.25, 0.3) is 11.6 Å². The number of carbonyl (C=O) groups is 1. The van der Waals surface area contributed by atoms with Gasteiger partial charge in [-0.2, -0.15) is 0 Å². The molecule has 1 N–H and O–H groups in total. The second-order valence-electron chi connectivity index (χ2n) is 6.59. The van der Waals surface area contributed by atoms with Crippen molar-refractivity contribution in [2.75, 3.05) is 36.5 Å². The van der Waals surface area contributed by atoms with E-state index in [0.29, 0.717) is 18.9 Å². The summed E-state index contributed by atoms with van der Waals surface area (Å²) in [5.41, 5.74) is 0.671. The number of hydrogen-bond donors (Lipinski definition) is 1. The van der Waals surface area contributed by atoms with Gasteiger partial charge in [0.05, 0.1) is 33.9 Å². The number of ether oxygens (including phenoxy) is 1. The number of morpholine rings is 1. The SMILES string of the molecule is Cc1c(F)cc(C(=O)Nc2ccc3nc(N4CCOCC4)sc3c2)cc1[N+](=O)[O-]. The number of rotatable bonds is 4. The van der Waals surface area contributed by atoms with Crippen LogP contribution in [0, 0.1) is 22.9 Å². The number of benzene rings is 2. The molecule has 2 aromatic carbocycles. The van der Waals surface area contributed by atoms with Crippen molar-refractivity contribution in [3.8, 4) is 0 Å². The zero-order chi connectivity index (χ0) is 20.5. The number of aromatic nitrogens is 1. The van der Waals surface area contributed by atoms with Crippen LogP contribution in [0.15, 0.2) is 30.3 Å². The van der Waals surface area contributed by atoms with Crippen LogP contribution >= 0.6 is 11.3 Å². The van der Waals surface area contributed by atoms with Gasteiger partial charge in [-0.25, -0.2) is 9.37 Å². The van der Waals surface area contributed by atoms with Crippen LogP contribution < -0.4 is 10.2 Å². The summed E-state index contributed by atoms with van der Waals surface area (Å²) in [5, 5.41) is 14.6. The molecule has 1 aliphatic heterocycles. The van der Waals surface area contributed by atoms with Crippen molar-refractivity contribution in [2.45, 2.75) is 6.92 Å². The predicted molar refractivity (Wildman–Crippen MR) is 108 cm³/mol. The molecule has 8 nitrogen and oxygen atoms in total. The Morgan fingerprint density at radius 2 is 2.07 bits per heavy atom. The Labute approximate surface area is 169 Å². The first-order valence-corrected chi connectivity index (χ1v) is 9.73. The fraction of sp³-hybridized carbons (Fsp3) is 0.263. The molecule has 0 bridgehead atoms. The lowest BCUT2D eigenvalue weighted by atomic mass is 10.1. The third kappa shape index (κ3) is 3.89. The first-order valence-electron chi connectivity index (χ1n) is 8.91. The zero-order valence-corrected chi connectivity index (χ0v) is 16.3. The van der Waals surface area contributed by atoms with Gasteiger partial charge in [-0.05, 0) is 31.2 Å². The maximum atomic E-state index is 14.0. The molecule has 0 saturated carbocycles. The average molecular weight is 416 g/mol. The van der Waals surface area contributed by atoms with E-state index in [1.54, 1.807) is 18.2 Å². The molecule has 1 saturated heterocycles. The number of nitro groups is 1. The van der Waals surface area contributed by atoms with Gasteiger partial charge in [-0.3, -0.25) is 14.9 Å². The summed E-state index contributed by atoms with van der Waals surface area (Å²) in [6.07, 6.45) is 0. The van der Waals surface area contributed by atoms with Crippen molar-refractivity contribution in [1.29, 1.82) is 0 Å². The lowest BCUT2D eigenvalue weighted by molar-refractivity contribution is -0.385. The van der Waals surface area contributed by atoms with Crippen molar-refractivity contribution >= 4 is 44.0 Å². The highest BCUT2D eigenvalue weighted by atomic mass is 32.1. The smallest absolute Gasteiger partial charge is 0.276 e. The van der Waals surface area contributed by atoms with Crippen LogP contribution in [-0.2, 0) is 4.74 Å². The molecular formula is C19H17FN4O4S. The number of hydrogen-bond acceptors (Lipinski definition) is 7. The Balaban J connectivity index is 1.57. The zero-order valence-electron chi connectivity index (χ0n) is 15.5. The third-order valence-electron chi connectivity index (χ3n) is 4.69. The monoisotopic (exact) mass is 416 g/mol. The highest BCUT2D eigenvalue weighted by molar-refractivity contribution is 7.22. The van der Waals surface area contributed by atoms with Crippen LogP contribution in [0.25, 0.3) is 10.2 Å². The van der Waals surface area contributed by atoms with Crippen LogP contribution in [0.1, 0.15) is 15.9 Å². The Morgan fingerprint density at radius 1 is 1.31 bits per heavy atom. The van der Waals surface area contributed by atoms with Crippen LogP contribution in [0.2, 0.25) is 0 Å². The van der Waals surface area contributed by atoms with Gasteiger partial charge in [-0.15, -0.1) is 0 Å². The number of fused-ring (bicyclic) bond motifs is 1. The molecule has 1 amide bonds. The summed E-state index contributed by atoms with van der Waals surface area (Å²) in [4.78, 5) is 29.7. The van der Waals surface area contributed by atoms with E-state index in [4.69, 9.17) is 4.74 Å². The molecule has 2 heterocycles. The van der Waals surface area contributed by atoms with Crippen LogP contribution in [0.3, 0.4) is 0 Å². The standard InChI is InChI=1S/C19H17FN4O4S/c1-11-14(20)8-12(9-16(11)24(26)27)18(25)21-13-2-3-15-17(10-13)29-19(22-15)23-4-6-28-7-5-23/h2-3,8-10H,4-7H2,1H3,(H,21,25). The molecule has 0 atom stereocenters. The maximum absolute atomic E-state index is 14.0. The summed E-state index contributed by atoms with van der Waals surface area (Å²) in [5.74, 6) is -1.42. The molecule has 3 aromatic rings. The molecule has 150 valence electrons. The van der Waals surface area contributed by atoms with E-state index in [1.807, 2.05) is 0 Å². The number of anilines is 2. The number of nitro benzene ring substituents is 1. The quantitative estimate of drug-likeness (QED) is 0.514. The Kier molecular flexibility index (Phi) is 5.12. The van der Waals surface area contributed by atoms with Gasteiger partial charge in [0, 0.05) is 30.4 Å². The number of amides is 1. The third-order valence-corrected chi connectivity index (χ3v) is 5.77. The van der Waals surface area contributed by atoms with E-state index in [0.717, 1.165) is 40.6 Å². The van der Waals surface area contributed by atoms with E-state index in [2.05, 4.69) is 15.2 Å². The Bertz CT molecular complexity index is 1110. The fourth-order valence-electron chi connectivity index (χ4n) is 3.07. The predicted octanol–water partition coefficient (Wildman–Crippen LogP) is 3.74. The summed E-state index contributed by atoms with van der Waals surface area (Å²) in [7, 11) is 0. The molecule has 1 fully saturated rings. The minimum absolute atomic E-state index is 0.103. The topological polar surface area (TPSA) is 97.6 Å². The first kappa shape index (κ1) is 19.2. The number of halogens is 1. The van der Waals surface area contributed by atoms with E-state index >= 15 is 0 Å². The second kappa shape index (κ2) is 7.72. The van der Waals surface area contributed by atoms with Crippen molar-refractivity contribution < 1.29 is 18.8 Å². The van der Waals surface area contributed by atoms with Crippen molar-refractivity contribution in [3.63, 3.8) is 0 Å². The lowest BCUT2D eigenvalue weighted by Crippen LogP contribution is -2.36.